The Hall–Kier alpha value is -1.19. The molecule has 4 nitrogen and oxygen atoms in total. The number of hydrogen-bond donors (Lipinski definition) is 0. The van der Waals surface area contributed by atoms with Crippen molar-refractivity contribution < 1.29 is 4.79 Å². The van der Waals surface area contributed by atoms with E-state index >= 15 is 0 Å². The number of aromatic nitrogens is 3. The van der Waals surface area contributed by atoms with Gasteiger partial charge in [-0.05, 0) is 13.3 Å². The standard InChI is InChI=1S/C11H19N3O/c1-9(15)6-5-7-14-8-10(12-13-14)11(2,3)4/h8H,5-7H2,1-4H3. The van der Waals surface area contributed by atoms with Crippen LogP contribution in [-0.2, 0) is 16.8 Å². The summed E-state index contributed by atoms with van der Waals surface area (Å²) in [6.07, 6.45) is 3.41. The fourth-order valence-electron chi connectivity index (χ4n) is 1.24. The van der Waals surface area contributed by atoms with Crippen molar-refractivity contribution in [2.75, 3.05) is 0 Å². The molecule has 0 saturated heterocycles. The van der Waals surface area contributed by atoms with Crippen LogP contribution in [-0.4, -0.2) is 20.8 Å². The van der Waals surface area contributed by atoms with E-state index in [1.54, 1.807) is 6.92 Å². The van der Waals surface area contributed by atoms with Gasteiger partial charge in [-0.2, -0.15) is 0 Å². The van der Waals surface area contributed by atoms with E-state index in [0.29, 0.717) is 6.42 Å². The summed E-state index contributed by atoms with van der Waals surface area (Å²) in [6, 6.07) is 0. The third-order valence-electron chi connectivity index (χ3n) is 2.22. The maximum absolute atomic E-state index is 10.8. The maximum Gasteiger partial charge on any atom is 0.129 e. The number of carbonyl (C=O) groups is 1. The fourth-order valence-corrected chi connectivity index (χ4v) is 1.24. The Bertz CT molecular complexity index is 336. The highest BCUT2D eigenvalue weighted by Crippen LogP contribution is 2.18. The average Bonchev–Trinajstić information content (AvgIpc) is 2.51. The third-order valence-corrected chi connectivity index (χ3v) is 2.22. The molecule has 15 heavy (non-hydrogen) atoms. The molecule has 84 valence electrons. The lowest BCUT2D eigenvalue weighted by Gasteiger charge is -2.12. The lowest BCUT2D eigenvalue weighted by atomic mass is 9.93. The normalized spacial score (nSPS) is 11.7. The first-order chi connectivity index (χ1) is 6.89. The van der Waals surface area contributed by atoms with Gasteiger partial charge in [-0.25, -0.2) is 0 Å². The van der Waals surface area contributed by atoms with Crippen molar-refractivity contribution in [1.82, 2.24) is 15.0 Å². The maximum atomic E-state index is 10.8. The zero-order chi connectivity index (χ0) is 11.5. The number of hydrogen-bond acceptors (Lipinski definition) is 3. The van der Waals surface area contributed by atoms with Crippen LogP contribution in [0.25, 0.3) is 0 Å². The monoisotopic (exact) mass is 209 g/mol. The van der Waals surface area contributed by atoms with Crippen molar-refractivity contribution in [2.45, 2.75) is 52.5 Å². The summed E-state index contributed by atoms with van der Waals surface area (Å²) in [7, 11) is 0. The summed E-state index contributed by atoms with van der Waals surface area (Å²) >= 11 is 0. The van der Waals surface area contributed by atoms with E-state index in [2.05, 4.69) is 31.1 Å². The number of nitrogens with zero attached hydrogens (tertiary/aromatic N) is 3. The number of Topliss-reactive ketones (excluding diaryl/α,β-unsaturated/α-hetero) is 1. The summed E-state index contributed by atoms with van der Waals surface area (Å²) in [5.74, 6) is 0.228. The number of ketones is 1. The Morgan fingerprint density at radius 2 is 2.13 bits per heavy atom. The molecule has 0 aromatic carbocycles. The minimum atomic E-state index is 0.0405. The molecular formula is C11H19N3O. The zero-order valence-corrected chi connectivity index (χ0v) is 9.95. The summed E-state index contributed by atoms with van der Waals surface area (Å²) < 4.78 is 1.81. The molecule has 0 bridgehead atoms. The Balaban J connectivity index is 2.50. The van der Waals surface area contributed by atoms with E-state index in [-0.39, 0.29) is 11.2 Å². The van der Waals surface area contributed by atoms with E-state index in [1.165, 1.54) is 0 Å². The molecule has 0 spiro atoms. The van der Waals surface area contributed by atoms with Crippen LogP contribution in [0.15, 0.2) is 6.20 Å². The molecule has 0 N–H and O–H groups in total. The highest BCUT2D eigenvalue weighted by Gasteiger charge is 2.17. The molecule has 0 radical (unpaired) electrons. The molecule has 0 unspecified atom stereocenters. The van der Waals surface area contributed by atoms with Gasteiger partial charge < -0.3 is 4.79 Å². The van der Waals surface area contributed by atoms with Crippen LogP contribution < -0.4 is 0 Å². The van der Waals surface area contributed by atoms with Crippen LogP contribution >= 0.6 is 0 Å². The molecule has 1 aromatic rings. The Labute approximate surface area is 90.7 Å². The van der Waals surface area contributed by atoms with Crippen molar-refractivity contribution in [3.63, 3.8) is 0 Å². The van der Waals surface area contributed by atoms with Gasteiger partial charge in [0, 0.05) is 24.6 Å². The summed E-state index contributed by atoms with van der Waals surface area (Å²) in [5, 5.41) is 8.15. The lowest BCUT2D eigenvalue weighted by molar-refractivity contribution is -0.117. The molecule has 0 aliphatic rings. The summed E-state index contributed by atoms with van der Waals surface area (Å²) in [5.41, 5.74) is 1.03. The predicted octanol–water partition coefficient (Wildman–Crippen LogP) is 1.94. The van der Waals surface area contributed by atoms with Crippen LogP contribution in [0.4, 0.5) is 0 Å². The highest BCUT2D eigenvalue weighted by atomic mass is 16.1. The Morgan fingerprint density at radius 1 is 1.47 bits per heavy atom. The molecule has 0 aliphatic carbocycles. The van der Waals surface area contributed by atoms with E-state index < -0.39 is 0 Å². The fraction of sp³-hybridized carbons (Fsp3) is 0.727. The molecule has 0 fully saturated rings. The van der Waals surface area contributed by atoms with Crippen LogP contribution in [0.1, 0.15) is 46.2 Å². The van der Waals surface area contributed by atoms with Gasteiger partial charge >= 0.3 is 0 Å². The van der Waals surface area contributed by atoms with Crippen LogP contribution in [0.2, 0.25) is 0 Å². The third kappa shape index (κ3) is 3.81. The average molecular weight is 209 g/mol. The van der Waals surface area contributed by atoms with Gasteiger partial charge in [-0.3, -0.25) is 4.68 Å². The van der Waals surface area contributed by atoms with Crippen molar-refractivity contribution >= 4 is 5.78 Å². The van der Waals surface area contributed by atoms with Gasteiger partial charge in [0.1, 0.15) is 5.78 Å². The van der Waals surface area contributed by atoms with Gasteiger partial charge in [-0.15, -0.1) is 5.10 Å². The van der Waals surface area contributed by atoms with Crippen molar-refractivity contribution in [3.8, 4) is 0 Å². The Morgan fingerprint density at radius 3 is 2.60 bits per heavy atom. The van der Waals surface area contributed by atoms with Crippen LogP contribution in [0.5, 0.6) is 0 Å². The van der Waals surface area contributed by atoms with Gasteiger partial charge in [0.2, 0.25) is 0 Å². The SMILES string of the molecule is CC(=O)CCCn1cc(C(C)(C)C)nn1. The number of rotatable bonds is 4. The molecule has 1 aromatic heterocycles. The van der Waals surface area contributed by atoms with E-state index in [9.17, 15) is 4.79 Å². The number of aryl methyl sites for hydroxylation is 1. The molecular weight excluding hydrogens is 190 g/mol. The largest absolute Gasteiger partial charge is 0.300 e. The van der Waals surface area contributed by atoms with E-state index in [4.69, 9.17) is 0 Å². The molecule has 0 atom stereocenters. The minimum absolute atomic E-state index is 0.0405. The topological polar surface area (TPSA) is 47.8 Å². The molecule has 1 heterocycles. The molecule has 0 amide bonds. The van der Waals surface area contributed by atoms with E-state index in [1.807, 2.05) is 10.9 Å². The van der Waals surface area contributed by atoms with Gasteiger partial charge in [-0.1, -0.05) is 26.0 Å². The second-order valence-corrected chi connectivity index (χ2v) is 4.92. The quantitative estimate of drug-likeness (QED) is 0.761. The summed E-state index contributed by atoms with van der Waals surface area (Å²) in [4.78, 5) is 10.8. The zero-order valence-electron chi connectivity index (χ0n) is 9.95. The first kappa shape index (κ1) is 11.9. The first-order valence-electron chi connectivity index (χ1n) is 5.29. The molecule has 4 heteroatoms. The summed E-state index contributed by atoms with van der Waals surface area (Å²) in [6.45, 7) is 8.70. The highest BCUT2D eigenvalue weighted by molar-refractivity contribution is 5.75. The van der Waals surface area contributed by atoms with Crippen molar-refractivity contribution in [3.05, 3.63) is 11.9 Å². The van der Waals surface area contributed by atoms with E-state index in [0.717, 1.165) is 18.7 Å². The second kappa shape index (κ2) is 4.55. The molecule has 1 rings (SSSR count). The second-order valence-electron chi connectivity index (χ2n) is 4.92. The predicted molar refractivity (Wildman–Crippen MR) is 58.6 cm³/mol. The Kier molecular flexibility index (Phi) is 3.61. The van der Waals surface area contributed by atoms with Crippen molar-refractivity contribution in [2.24, 2.45) is 0 Å². The number of carbonyl (C=O) groups excluding carboxylic acids is 1. The lowest BCUT2D eigenvalue weighted by Crippen LogP contribution is -2.11. The molecule has 0 saturated carbocycles. The van der Waals surface area contributed by atoms with Crippen LogP contribution in [0.3, 0.4) is 0 Å². The van der Waals surface area contributed by atoms with Crippen LogP contribution in [0, 0.1) is 0 Å². The smallest absolute Gasteiger partial charge is 0.129 e. The van der Waals surface area contributed by atoms with Crippen molar-refractivity contribution in [1.29, 1.82) is 0 Å². The first-order valence-corrected chi connectivity index (χ1v) is 5.29. The minimum Gasteiger partial charge on any atom is -0.300 e. The van der Waals surface area contributed by atoms with Gasteiger partial charge in [0.05, 0.1) is 5.69 Å². The van der Waals surface area contributed by atoms with Gasteiger partial charge in [0.15, 0.2) is 0 Å². The van der Waals surface area contributed by atoms with Gasteiger partial charge in [0.25, 0.3) is 0 Å². The molecule has 0 aliphatic heterocycles.